The van der Waals surface area contributed by atoms with Gasteiger partial charge in [-0.25, -0.2) is 4.39 Å². The second kappa shape index (κ2) is 7.55. The van der Waals surface area contributed by atoms with Crippen LogP contribution in [0.15, 0.2) is 30.5 Å². The number of nitrogens with zero attached hydrogens (tertiary/aromatic N) is 3. The van der Waals surface area contributed by atoms with Crippen LogP contribution in [0.3, 0.4) is 0 Å². The van der Waals surface area contributed by atoms with Gasteiger partial charge < -0.3 is 14.4 Å². The average Bonchev–Trinajstić information content (AvgIpc) is 3.15. The van der Waals surface area contributed by atoms with E-state index >= 15 is 0 Å². The van der Waals surface area contributed by atoms with Gasteiger partial charge in [-0.3, -0.25) is 9.48 Å². The molecule has 0 bridgehead atoms. The number of methoxy groups -OCH3 is 1. The van der Waals surface area contributed by atoms with Crippen LogP contribution in [0.1, 0.15) is 16.8 Å². The van der Waals surface area contributed by atoms with E-state index in [4.69, 9.17) is 9.47 Å². The molecule has 0 saturated carbocycles. The maximum absolute atomic E-state index is 13.0. The molecular weight excluding hydrogens is 313 g/mol. The van der Waals surface area contributed by atoms with Crippen molar-refractivity contribution in [2.45, 2.75) is 19.6 Å². The Labute approximate surface area is 139 Å². The van der Waals surface area contributed by atoms with Crippen molar-refractivity contribution >= 4 is 5.91 Å². The van der Waals surface area contributed by atoms with E-state index in [1.165, 1.54) is 12.1 Å². The number of hydrogen-bond acceptors (Lipinski definition) is 4. The average molecular weight is 333 g/mol. The lowest BCUT2D eigenvalue weighted by Gasteiger charge is -2.16. The molecule has 0 aliphatic carbocycles. The summed E-state index contributed by atoms with van der Waals surface area (Å²) in [5.41, 5.74) is 3.03. The van der Waals surface area contributed by atoms with Crippen molar-refractivity contribution in [3.63, 3.8) is 0 Å². The van der Waals surface area contributed by atoms with Gasteiger partial charge >= 0.3 is 0 Å². The van der Waals surface area contributed by atoms with Gasteiger partial charge in [-0.15, -0.1) is 0 Å². The molecule has 2 heterocycles. The van der Waals surface area contributed by atoms with Gasteiger partial charge in [0.15, 0.2) is 0 Å². The number of amides is 1. The van der Waals surface area contributed by atoms with Crippen LogP contribution in [-0.2, 0) is 33.9 Å². The van der Waals surface area contributed by atoms with E-state index in [0.29, 0.717) is 32.8 Å². The quantitative estimate of drug-likeness (QED) is 0.722. The minimum atomic E-state index is -0.255. The van der Waals surface area contributed by atoms with Crippen LogP contribution < -0.4 is 0 Å². The summed E-state index contributed by atoms with van der Waals surface area (Å²) in [5.74, 6) is -0.301. The van der Waals surface area contributed by atoms with Crippen LogP contribution in [0, 0.1) is 5.82 Å². The summed E-state index contributed by atoms with van der Waals surface area (Å²) in [6, 6.07) is 6.36. The normalized spacial score (nSPS) is 13.3. The highest BCUT2D eigenvalue weighted by Gasteiger charge is 2.27. The number of hydrogen-bond donors (Lipinski definition) is 0. The van der Waals surface area contributed by atoms with Crippen molar-refractivity contribution in [2.75, 3.05) is 26.9 Å². The molecule has 1 aromatic heterocycles. The lowest BCUT2D eigenvalue weighted by molar-refractivity contribution is -0.137. The second-order valence-corrected chi connectivity index (χ2v) is 5.70. The van der Waals surface area contributed by atoms with Crippen molar-refractivity contribution in [1.82, 2.24) is 14.7 Å². The zero-order chi connectivity index (χ0) is 16.9. The summed E-state index contributed by atoms with van der Waals surface area (Å²) in [6.45, 7) is 2.55. The summed E-state index contributed by atoms with van der Waals surface area (Å²) in [6.07, 6.45) is 1.79. The summed E-state index contributed by atoms with van der Waals surface area (Å²) in [7, 11) is 1.59. The zero-order valence-corrected chi connectivity index (χ0v) is 13.6. The maximum atomic E-state index is 13.0. The first-order chi connectivity index (χ1) is 11.7. The molecule has 0 fully saturated rings. The van der Waals surface area contributed by atoms with Gasteiger partial charge in [0.05, 0.1) is 38.2 Å². The molecule has 0 radical (unpaired) electrons. The van der Waals surface area contributed by atoms with E-state index in [0.717, 1.165) is 16.8 Å². The van der Waals surface area contributed by atoms with Crippen LogP contribution in [0.2, 0.25) is 0 Å². The summed E-state index contributed by atoms with van der Waals surface area (Å²) < 4.78 is 25.0. The fraction of sp³-hybridized carbons (Fsp3) is 0.412. The minimum absolute atomic E-state index is 0.0457. The highest BCUT2D eigenvalue weighted by molar-refractivity contribution is 5.78. The first kappa shape index (κ1) is 16.6. The molecule has 0 spiro atoms. The van der Waals surface area contributed by atoms with E-state index in [1.807, 2.05) is 4.68 Å². The van der Waals surface area contributed by atoms with Crippen LogP contribution in [0.25, 0.3) is 0 Å². The smallest absolute Gasteiger partial charge is 0.249 e. The van der Waals surface area contributed by atoms with Crippen molar-refractivity contribution in [3.05, 3.63) is 53.1 Å². The van der Waals surface area contributed by atoms with Crippen molar-refractivity contribution < 1.29 is 18.7 Å². The Morgan fingerprint density at radius 3 is 2.79 bits per heavy atom. The third-order valence-electron chi connectivity index (χ3n) is 3.99. The predicted octanol–water partition coefficient (Wildman–Crippen LogP) is 1.58. The topological polar surface area (TPSA) is 56.6 Å². The molecule has 1 aliphatic heterocycles. The molecule has 7 heteroatoms. The molecule has 1 amide bonds. The molecule has 0 N–H and O–H groups in total. The Kier molecular flexibility index (Phi) is 5.22. The molecule has 0 atom stereocenters. The van der Waals surface area contributed by atoms with E-state index in [-0.39, 0.29) is 18.3 Å². The second-order valence-electron chi connectivity index (χ2n) is 5.70. The van der Waals surface area contributed by atoms with Crippen molar-refractivity contribution in [3.8, 4) is 0 Å². The first-order valence-corrected chi connectivity index (χ1v) is 7.80. The number of halogens is 1. The highest BCUT2D eigenvalue weighted by atomic mass is 19.1. The fourth-order valence-corrected chi connectivity index (χ4v) is 2.68. The van der Waals surface area contributed by atoms with Crippen molar-refractivity contribution in [2.24, 2.45) is 0 Å². The monoisotopic (exact) mass is 333 g/mol. The number of benzene rings is 1. The lowest BCUT2D eigenvalue weighted by atomic mass is 10.2. The summed E-state index contributed by atoms with van der Waals surface area (Å²) >= 11 is 0. The van der Waals surface area contributed by atoms with Gasteiger partial charge in [-0.2, -0.15) is 5.10 Å². The van der Waals surface area contributed by atoms with Gasteiger partial charge in [-0.05, 0) is 17.7 Å². The van der Waals surface area contributed by atoms with Gasteiger partial charge in [0, 0.05) is 19.2 Å². The molecule has 6 nitrogen and oxygen atoms in total. The standard InChI is InChI=1S/C17H20FN3O3/c1-23-6-7-24-12-17(22)20-10-14-8-19-21(16(14)11-20)9-13-2-4-15(18)5-3-13/h2-5,8H,6-7,9-12H2,1H3. The number of carbonyl (C=O) groups is 1. The molecule has 128 valence electrons. The molecule has 1 aromatic carbocycles. The Morgan fingerprint density at radius 1 is 1.25 bits per heavy atom. The number of ether oxygens (including phenoxy) is 2. The molecule has 3 rings (SSSR count). The van der Waals surface area contributed by atoms with Gasteiger partial charge in [0.2, 0.25) is 5.91 Å². The van der Waals surface area contributed by atoms with E-state index < -0.39 is 0 Å². The van der Waals surface area contributed by atoms with E-state index in [1.54, 1.807) is 30.3 Å². The summed E-state index contributed by atoms with van der Waals surface area (Å²) in [4.78, 5) is 13.9. The SMILES string of the molecule is COCCOCC(=O)N1Cc2cnn(Cc3ccc(F)cc3)c2C1. The maximum Gasteiger partial charge on any atom is 0.249 e. The molecule has 24 heavy (non-hydrogen) atoms. The van der Waals surface area contributed by atoms with Gasteiger partial charge in [0.1, 0.15) is 12.4 Å². The van der Waals surface area contributed by atoms with Gasteiger partial charge in [-0.1, -0.05) is 12.1 Å². The molecular formula is C17H20FN3O3. The highest BCUT2D eigenvalue weighted by Crippen LogP contribution is 2.23. The minimum Gasteiger partial charge on any atom is -0.382 e. The van der Waals surface area contributed by atoms with E-state index in [2.05, 4.69) is 5.10 Å². The van der Waals surface area contributed by atoms with Crippen molar-refractivity contribution in [1.29, 1.82) is 0 Å². The number of aromatic nitrogens is 2. The number of fused-ring (bicyclic) bond motifs is 1. The molecule has 0 saturated heterocycles. The predicted molar refractivity (Wildman–Crippen MR) is 84.7 cm³/mol. The van der Waals surface area contributed by atoms with Crippen LogP contribution in [-0.4, -0.2) is 47.5 Å². The van der Waals surface area contributed by atoms with Gasteiger partial charge in [0.25, 0.3) is 0 Å². The van der Waals surface area contributed by atoms with Crippen LogP contribution >= 0.6 is 0 Å². The molecule has 1 aliphatic rings. The summed E-state index contributed by atoms with van der Waals surface area (Å²) in [5, 5.41) is 4.37. The first-order valence-electron chi connectivity index (χ1n) is 7.80. The zero-order valence-electron chi connectivity index (χ0n) is 13.6. The Hall–Kier alpha value is -2.25. The number of carbonyl (C=O) groups excluding carboxylic acids is 1. The van der Waals surface area contributed by atoms with Crippen LogP contribution in [0.5, 0.6) is 0 Å². The number of rotatable bonds is 7. The van der Waals surface area contributed by atoms with Crippen LogP contribution in [0.4, 0.5) is 4.39 Å². The Balaban J connectivity index is 1.58. The lowest BCUT2D eigenvalue weighted by Crippen LogP contribution is -2.30. The Bertz CT molecular complexity index is 700. The molecule has 2 aromatic rings. The molecule has 0 unspecified atom stereocenters. The third kappa shape index (κ3) is 3.80. The fourth-order valence-electron chi connectivity index (χ4n) is 2.68. The third-order valence-corrected chi connectivity index (χ3v) is 3.99. The van der Waals surface area contributed by atoms with E-state index in [9.17, 15) is 9.18 Å². The largest absolute Gasteiger partial charge is 0.382 e. The Morgan fingerprint density at radius 2 is 2.04 bits per heavy atom.